The Kier molecular flexibility index (Phi) is 16.4. The lowest BCUT2D eigenvalue weighted by Gasteiger charge is -2.00. The summed E-state index contributed by atoms with van der Waals surface area (Å²) in [6, 6.07) is 0. The molecule has 0 aromatic carbocycles. The second-order valence-electron chi connectivity index (χ2n) is 4.57. The SMILES string of the molecule is CCC=CC=CCCCCCCCCCCI. The van der Waals surface area contributed by atoms with Crippen LogP contribution in [-0.2, 0) is 0 Å². The van der Waals surface area contributed by atoms with Crippen LogP contribution in [0.2, 0.25) is 0 Å². The van der Waals surface area contributed by atoms with Gasteiger partial charge in [0.2, 0.25) is 0 Å². The highest BCUT2D eigenvalue weighted by atomic mass is 127. The fraction of sp³-hybridized carbons (Fsp3) is 0.750. The molecule has 0 radical (unpaired) electrons. The van der Waals surface area contributed by atoms with E-state index < -0.39 is 0 Å². The number of halogens is 1. The molecule has 0 aromatic heterocycles. The molecule has 0 N–H and O–H groups in total. The first-order chi connectivity index (χ1) is 8.41. The Labute approximate surface area is 122 Å². The van der Waals surface area contributed by atoms with E-state index in [4.69, 9.17) is 0 Å². The van der Waals surface area contributed by atoms with Crippen LogP contribution in [0.3, 0.4) is 0 Å². The zero-order chi connectivity index (χ0) is 12.6. The molecule has 0 fully saturated rings. The Hall–Kier alpha value is 0.210. The maximum atomic E-state index is 2.47. The van der Waals surface area contributed by atoms with Crippen LogP contribution in [-0.4, -0.2) is 4.43 Å². The smallest absolute Gasteiger partial charge is 0.000473 e. The van der Waals surface area contributed by atoms with Gasteiger partial charge in [-0.05, 0) is 30.1 Å². The summed E-state index contributed by atoms with van der Waals surface area (Å²) in [6.07, 6.45) is 22.6. The number of hydrogen-bond donors (Lipinski definition) is 0. The lowest BCUT2D eigenvalue weighted by molar-refractivity contribution is 0.579. The maximum absolute atomic E-state index is 2.47. The number of alkyl halides is 1. The largest absolute Gasteiger partial charge is 0.0864 e. The van der Waals surface area contributed by atoms with Crippen molar-refractivity contribution in [3.05, 3.63) is 24.3 Å². The van der Waals surface area contributed by atoms with E-state index in [9.17, 15) is 0 Å². The predicted octanol–water partition coefficient (Wildman–Crippen LogP) is 6.45. The summed E-state index contributed by atoms with van der Waals surface area (Å²) >= 11 is 2.47. The molecule has 0 aromatic rings. The van der Waals surface area contributed by atoms with Gasteiger partial charge >= 0.3 is 0 Å². The molecule has 0 aliphatic heterocycles. The van der Waals surface area contributed by atoms with Gasteiger partial charge in [-0.3, -0.25) is 0 Å². The molecule has 0 aliphatic carbocycles. The Balaban J connectivity index is 3.03. The third-order valence-corrected chi connectivity index (χ3v) is 3.64. The van der Waals surface area contributed by atoms with E-state index in [1.165, 1.54) is 62.2 Å². The average Bonchev–Trinajstić information content (AvgIpc) is 2.35. The summed E-state index contributed by atoms with van der Waals surface area (Å²) in [7, 11) is 0. The van der Waals surface area contributed by atoms with Crippen molar-refractivity contribution in [2.75, 3.05) is 4.43 Å². The van der Waals surface area contributed by atoms with Crippen molar-refractivity contribution in [2.24, 2.45) is 0 Å². The zero-order valence-electron chi connectivity index (χ0n) is 11.5. The van der Waals surface area contributed by atoms with Gasteiger partial charge in [0.1, 0.15) is 0 Å². The lowest BCUT2D eigenvalue weighted by Crippen LogP contribution is -1.81. The van der Waals surface area contributed by atoms with E-state index in [-0.39, 0.29) is 0 Å². The molecule has 100 valence electrons. The normalized spacial score (nSPS) is 11.9. The molecule has 17 heavy (non-hydrogen) atoms. The summed E-state index contributed by atoms with van der Waals surface area (Å²) in [5, 5.41) is 0. The summed E-state index contributed by atoms with van der Waals surface area (Å²) in [6.45, 7) is 2.17. The van der Waals surface area contributed by atoms with Gasteiger partial charge in [-0.15, -0.1) is 0 Å². The van der Waals surface area contributed by atoms with Crippen molar-refractivity contribution in [1.82, 2.24) is 0 Å². The lowest BCUT2D eigenvalue weighted by atomic mass is 10.1. The quantitative estimate of drug-likeness (QED) is 0.164. The van der Waals surface area contributed by atoms with Crippen molar-refractivity contribution in [3.63, 3.8) is 0 Å². The molecular formula is C16H29I. The van der Waals surface area contributed by atoms with Gasteiger partial charge in [0.15, 0.2) is 0 Å². The molecule has 0 rings (SSSR count). The fourth-order valence-corrected chi connectivity index (χ4v) is 2.35. The molecule has 0 saturated heterocycles. The molecule has 1 heteroatoms. The van der Waals surface area contributed by atoms with E-state index in [2.05, 4.69) is 53.8 Å². The first kappa shape index (κ1) is 17.2. The minimum absolute atomic E-state index is 1.14. The summed E-state index contributed by atoms with van der Waals surface area (Å²) in [5.74, 6) is 0. The van der Waals surface area contributed by atoms with E-state index in [1.54, 1.807) is 0 Å². The molecule has 0 amide bonds. The van der Waals surface area contributed by atoms with E-state index >= 15 is 0 Å². The van der Waals surface area contributed by atoms with E-state index in [0.29, 0.717) is 0 Å². The third-order valence-electron chi connectivity index (χ3n) is 2.87. The second kappa shape index (κ2) is 16.2. The molecule has 0 saturated carbocycles. The van der Waals surface area contributed by atoms with Crippen molar-refractivity contribution >= 4 is 22.6 Å². The third kappa shape index (κ3) is 16.2. The Bertz CT molecular complexity index is 182. The highest BCUT2D eigenvalue weighted by molar-refractivity contribution is 14.1. The van der Waals surface area contributed by atoms with Crippen LogP contribution in [0, 0.1) is 0 Å². The fourth-order valence-electron chi connectivity index (χ4n) is 1.81. The molecule has 0 bridgehead atoms. The Morgan fingerprint density at radius 2 is 1.24 bits per heavy atom. The standard InChI is InChI=1S/C16H29I/c1-2-3-4-5-6-7-8-9-10-11-12-13-14-15-16-17/h3-6H,2,7-16H2,1H3. The molecule has 0 aliphatic rings. The van der Waals surface area contributed by atoms with Gasteiger partial charge in [0.05, 0.1) is 0 Å². The molecular weight excluding hydrogens is 319 g/mol. The van der Waals surface area contributed by atoms with Crippen LogP contribution in [0.25, 0.3) is 0 Å². The number of rotatable bonds is 12. The summed E-state index contributed by atoms with van der Waals surface area (Å²) in [5.41, 5.74) is 0. The topological polar surface area (TPSA) is 0 Å². The molecule has 0 nitrogen and oxygen atoms in total. The van der Waals surface area contributed by atoms with Gasteiger partial charge < -0.3 is 0 Å². The second-order valence-corrected chi connectivity index (χ2v) is 5.65. The van der Waals surface area contributed by atoms with Crippen molar-refractivity contribution in [2.45, 2.75) is 71.1 Å². The minimum Gasteiger partial charge on any atom is -0.0864 e. The van der Waals surface area contributed by atoms with Gasteiger partial charge in [0.25, 0.3) is 0 Å². The van der Waals surface area contributed by atoms with E-state index in [1.807, 2.05) is 0 Å². The van der Waals surface area contributed by atoms with Crippen LogP contribution < -0.4 is 0 Å². The van der Waals surface area contributed by atoms with Crippen LogP contribution in [0.4, 0.5) is 0 Å². The maximum Gasteiger partial charge on any atom is -0.000473 e. The van der Waals surface area contributed by atoms with Gasteiger partial charge in [-0.25, -0.2) is 0 Å². The van der Waals surface area contributed by atoms with Crippen LogP contribution in [0.15, 0.2) is 24.3 Å². The van der Waals surface area contributed by atoms with E-state index in [0.717, 1.165) is 6.42 Å². The molecule has 0 unspecified atom stereocenters. The average molecular weight is 348 g/mol. The predicted molar refractivity (Wildman–Crippen MR) is 89.0 cm³/mol. The van der Waals surface area contributed by atoms with Crippen molar-refractivity contribution in [1.29, 1.82) is 0 Å². The number of hydrogen-bond acceptors (Lipinski definition) is 0. The van der Waals surface area contributed by atoms with Crippen LogP contribution in [0.1, 0.15) is 71.1 Å². The summed E-state index contributed by atoms with van der Waals surface area (Å²) < 4.78 is 1.33. The highest BCUT2D eigenvalue weighted by Crippen LogP contribution is 2.10. The van der Waals surface area contributed by atoms with Gasteiger partial charge in [0, 0.05) is 0 Å². The molecule has 0 spiro atoms. The first-order valence-electron chi connectivity index (χ1n) is 7.29. The van der Waals surface area contributed by atoms with Crippen LogP contribution in [0.5, 0.6) is 0 Å². The van der Waals surface area contributed by atoms with Crippen LogP contribution >= 0.6 is 22.6 Å². The van der Waals surface area contributed by atoms with Gasteiger partial charge in [-0.1, -0.05) is 92.3 Å². The monoisotopic (exact) mass is 348 g/mol. The molecule has 0 heterocycles. The summed E-state index contributed by atoms with van der Waals surface area (Å²) in [4.78, 5) is 0. The zero-order valence-corrected chi connectivity index (χ0v) is 13.6. The Morgan fingerprint density at radius 3 is 1.82 bits per heavy atom. The molecule has 0 atom stereocenters. The van der Waals surface area contributed by atoms with Crippen molar-refractivity contribution < 1.29 is 0 Å². The first-order valence-corrected chi connectivity index (χ1v) is 8.82. The van der Waals surface area contributed by atoms with Crippen molar-refractivity contribution in [3.8, 4) is 0 Å². The minimum atomic E-state index is 1.14. The Morgan fingerprint density at radius 1 is 0.706 bits per heavy atom. The highest BCUT2D eigenvalue weighted by Gasteiger charge is 1.91. The number of unbranched alkanes of at least 4 members (excludes halogenated alkanes) is 8. The van der Waals surface area contributed by atoms with Gasteiger partial charge in [-0.2, -0.15) is 0 Å². The number of allylic oxidation sites excluding steroid dienone is 4.